The predicted molar refractivity (Wildman–Crippen MR) is 98.9 cm³/mol. The topological polar surface area (TPSA) is 0 Å². The fourth-order valence-corrected chi connectivity index (χ4v) is 3.62. The minimum absolute atomic E-state index is 0.190. The van der Waals surface area contributed by atoms with Crippen LogP contribution < -0.4 is 0 Å². The molecule has 0 aliphatic rings. The highest BCUT2D eigenvalue weighted by molar-refractivity contribution is 8.32. The minimum Gasteiger partial charge on any atom is -0.223 e. The van der Waals surface area contributed by atoms with E-state index in [9.17, 15) is 0 Å². The molecular formula is C20H28S. The lowest BCUT2D eigenvalue weighted by Gasteiger charge is -2.26. The molecule has 0 heterocycles. The molecule has 0 saturated heterocycles. The van der Waals surface area contributed by atoms with Crippen LogP contribution in [-0.2, 0) is 5.41 Å². The van der Waals surface area contributed by atoms with Gasteiger partial charge < -0.3 is 0 Å². The largest absolute Gasteiger partial charge is 0.223 e. The summed E-state index contributed by atoms with van der Waals surface area (Å²) in [6.45, 7) is 9.05. The first-order valence-corrected chi connectivity index (χ1v) is 10.3. The number of hydrogen-bond donors (Lipinski definition) is 0. The molecule has 0 atom stereocenters. The molecule has 21 heavy (non-hydrogen) atoms. The SMILES string of the molecule is Cc1ccc(-c2ccc(S(C)(C)C)cc2)cc1C(C)(C)C. The zero-order valence-corrected chi connectivity index (χ0v) is 15.3. The van der Waals surface area contributed by atoms with Crippen molar-refractivity contribution in [2.45, 2.75) is 38.0 Å². The van der Waals surface area contributed by atoms with Crippen molar-refractivity contribution in [1.82, 2.24) is 0 Å². The lowest BCUT2D eigenvalue weighted by Crippen LogP contribution is -2.13. The average molecular weight is 301 g/mol. The van der Waals surface area contributed by atoms with Crippen LogP contribution in [-0.4, -0.2) is 18.8 Å². The molecule has 0 amide bonds. The zero-order chi connectivity index (χ0) is 15.8. The molecule has 0 unspecified atom stereocenters. The smallest absolute Gasteiger partial charge is 0.0106 e. The predicted octanol–water partition coefficient (Wildman–Crippen LogP) is 6.01. The van der Waals surface area contributed by atoms with Gasteiger partial charge in [-0.1, -0.05) is 51.1 Å². The maximum absolute atomic E-state index is 2.36. The monoisotopic (exact) mass is 300 g/mol. The Morgan fingerprint density at radius 3 is 1.76 bits per heavy atom. The molecule has 0 spiro atoms. The Bertz CT molecular complexity index is 622. The molecule has 0 aromatic heterocycles. The van der Waals surface area contributed by atoms with E-state index in [0.29, 0.717) is 0 Å². The highest BCUT2D eigenvalue weighted by atomic mass is 32.3. The van der Waals surface area contributed by atoms with E-state index in [-0.39, 0.29) is 5.41 Å². The second-order valence-electron chi connectivity index (χ2n) is 7.64. The van der Waals surface area contributed by atoms with Gasteiger partial charge in [0.15, 0.2) is 0 Å². The van der Waals surface area contributed by atoms with Crippen molar-refractivity contribution in [2.75, 3.05) is 18.8 Å². The normalized spacial score (nSPS) is 13.3. The number of benzene rings is 2. The Hall–Kier alpha value is -1.21. The van der Waals surface area contributed by atoms with Crippen molar-refractivity contribution in [2.24, 2.45) is 0 Å². The Morgan fingerprint density at radius 2 is 1.29 bits per heavy atom. The fourth-order valence-electron chi connectivity index (χ4n) is 2.67. The van der Waals surface area contributed by atoms with Crippen molar-refractivity contribution >= 4 is 10.0 Å². The van der Waals surface area contributed by atoms with Crippen LogP contribution in [0.1, 0.15) is 31.9 Å². The van der Waals surface area contributed by atoms with Gasteiger partial charge in [-0.3, -0.25) is 0 Å². The van der Waals surface area contributed by atoms with Gasteiger partial charge in [0.05, 0.1) is 0 Å². The first-order valence-electron chi connectivity index (χ1n) is 7.49. The molecule has 0 nitrogen and oxygen atoms in total. The molecule has 0 radical (unpaired) electrons. The Kier molecular flexibility index (Phi) is 4.26. The highest BCUT2D eigenvalue weighted by Crippen LogP contribution is 2.45. The minimum atomic E-state index is -0.640. The van der Waals surface area contributed by atoms with Gasteiger partial charge in [0.1, 0.15) is 0 Å². The van der Waals surface area contributed by atoms with E-state index in [1.165, 1.54) is 27.1 Å². The Morgan fingerprint density at radius 1 is 0.762 bits per heavy atom. The summed E-state index contributed by atoms with van der Waals surface area (Å²) in [5, 5.41) is 0. The van der Waals surface area contributed by atoms with E-state index >= 15 is 0 Å². The standard InChI is InChI=1S/C20H28S/c1-15-8-9-17(14-19(15)20(2,3)4)16-10-12-18(13-11-16)21(5,6)7/h8-14H,1-7H3. The molecule has 0 aliphatic heterocycles. The van der Waals surface area contributed by atoms with Crippen LogP contribution in [0.5, 0.6) is 0 Å². The summed E-state index contributed by atoms with van der Waals surface area (Å²) in [5.41, 5.74) is 5.64. The van der Waals surface area contributed by atoms with Gasteiger partial charge in [-0.25, -0.2) is 10.0 Å². The van der Waals surface area contributed by atoms with Gasteiger partial charge in [0.2, 0.25) is 0 Å². The van der Waals surface area contributed by atoms with Crippen molar-refractivity contribution < 1.29 is 0 Å². The molecule has 0 bridgehead atoms. The lowest BCUT2D eigenvalue weighted by molar-refractivity contribution is 0.586. The second kappa shape index (κ2) is 5.53. The summed E-state index contributed by atoms with van der Waals surface area (Å²) in [6, 6.07) is 16.0. The van der Waals surface area contributed by atoms with Gasteiger partial charge >= 0.3 is 0 Å². The van der Waals surface area contributed by atoms with Gasteiger partial charge in [-0.05, 0) is 70.4 Å². The highest BCUT2D eigenvalue weighted by Gasteiger charge is 2.17. The third-order valence-corrected chi connectivity index (χ3v) is 5.63. The van der Waals surface area contributed by atoms with Crippen LogP contribution in [0, 0.1) is 6.92 Å². The van der Waals surface area contributed by atoms with E-state index in [2.05, 4.69) is 88.9 Å². The zero-order valence-electron chi connectivity index (χ0n) is 14.4. The van der Waals surface area contributed by atoms with Crippen LogP contribution in [0.3, 0.4) is 0 Å². The summed E-state index contributed by atoms with van der Waals surface area (Å²) >= 11 is 0. The molecule has 1 heteroatoms. The van der Waals surface area contributed by atoms with Crippen molar-refractivity contribution in [3.63, 3.8) is 0 Å². The first-order chi connectivity index (χ1) is 9.59. The molecule has 2 aromatic rings. The first kappa shape index (κ1) is 16.2. The maximum Gasteiger partial charge on any atom is -0.0106 e. The van der Waals surface area contributed by atoms with Gasteiger partial charge in [-0.15, -0.1) is 0 Å². The van der Waals surface area contributed by atoms with Gasteiger partial charge in [0.25, 0.3) is 0 Å². The maximum atomic E-state index is 2.36. The van der Waals surface area contributed by atoms with E-state index in [1.54, 1.807) is 0 Å². The van der Waals surface area contributed by atoms with Crippen LogP contribution in [0.25, 0.3) is 11.1 Å². The summed E-state index contributed by atoms with van der Waals surface area (Å²) in [6.07, 6.45) is 7.02. The van der Waals surface area contributed by atoms with Crippen molar-refractivity contribution in [1.29, 1.82) is 0 Å². The lowest BCUT2D eigenvalue weighted by atomic mass is 9.82. The molecular weight excluding hydrogens is 272 g/mol. The van der Waals surface area contributed by atoms with Gasteiger partial charge in [-0.2, -0.15) is 0 Å². The summed E-state index contributed by atoms with van der Waals surface area (Å²) < 4.78 is 0. The molecule has 2 rings (SSSR count). The average Bonchev–Trinajstić information content (AvgIpc) is 2.37. The molecule has 0 aliphatic carbocycles. The third kappa shape index (κ3) is 3.71. The molecule has 0 N–H and O–H groups in total. The van der Waals surface area contributed by atoms with E-state index in [4.69, 9.17) is 0 Å². The summed E-state index contributed by atoms with van der Waals surface area (Å²) in [4.78, 5) is 1.47. The quantitative estimate of drug-likeness (QED) is 0.637. The van der Waals surface area contributed by atoms with Crippen LogP contribution >= 0.6 is 10.0 Å². The Balaban J connectivity index is 2.44. The molecule has 0 fully saturated rings. The van der Waals surface area contributed by atoms with E-state index < -0.39 is 10.0 Å². The van der Waals surface area contributed by atoms with E-state index in [1.807, 2.05) is 0 Å². The Labute approximate surface area is 131 Å². The van der Waals surface area contributed by atoms with Crippen LogP contribution in [0.15, 0.2) is 47.4 Å². The van der Waals surface area contributed by atoms with Gasteiger partial charge in [0, 0.05) is 0 Å². The number of aryl methyl sites for hydroxylation is 1. The van der Waals surface area contributed by atoms with Crippen LogP contribution in [0.4, 0.5) is 0 Å². The molecule has 2 aromatic carbocycles. The fraction of sp³-hybridized carbons (Fsp3) is 0.400. The second-order valence-corrected chi connectivity index (χ2v) is 11.8. The van der Waals surface area contributed by atoms with Crippen LogP contribution in [0.2, 0.25) is 0 Å². The number of rotatable bonds is 2. The van der Waals surface area contributed by atoms with Crippen molar-refractivity contribution in [3.8, 4) is 11.1 Å². The number of hydrogen-bond acceptors (Lipinski definition) is 0. The van der Waals surface area contributed by atoms with E-state index in [0.717, 1.165) is 0 Å². The summed E-state index contributed by atoms with van der Waals surface area (Å²) in [7, 11) is -0.640. The summed E-state index contributed by atoms with van der Waals surface area (Å²) in [5.74, 6) is 0. The third-order valence-electron chi connectivity index (χ3n) is 3.94. The molecule has 114 valence electrons. The van der Waals surface area contributed by atoms with Crippen molar-refractivity contribution in [3.05, 3.63) is 53.6 Å². The molecule has 0 saturated carbocycles.